The molecule has 0 heteroatoms. The van der Waals surface area contributed by atoms with Gasteiger partial charge in [0.15, 0.2) is 0 Å². The molecule has 0 aliphatic heterocycles. The van der Waals surface area contributed by atoms with Gasteiger partial charge in [-0.05, 0) is 55.9 Å². The van der Waals surface area contributed by atoms with E-state index in [0.29, 0.717) is 0 Å². The van der Waals surface area contributed by atoms with Crippen molar-refractivity contribution in [3.05, 3.63) is 41.3 Å². The molecule has 0 N–H and O–H groups in total. The van der Waals surface area contributed by atoms with Gasteiger partial charge in [-0.1, -0.05) is 76.8 Å². The van der Waals surface area contributed by atoms with Crippen LogP contribution in [0.4, 0.5) is 0 Å². The Kier molecular flexibility index (Phi) is 9.46. The molecular formula is C21H35. The summed E-state index contributed by atoms with van der Waals surface area (Å²) >= 11 is 0. The Morgan fingerprint density at radius 1 is 0.762 bits per heavy atom. The van der Waals surface area contributed by atoms with E-state index >= 15 is 0 Å². The molecule has 0 fully saturated rings. The molecule has 1 aromatic rings. The van der Waals surface area contributed by atoms with Gasteiger partial charge in [-0.3, -0.25) is 0 Å². The number of rotatable bonds is 11. The average molecular weight is 288 g/mol. The number of aryl methyl sites for hydroxylation is 1. The van der Waals surface area contributed by atoms with Crippen molar-refractivity contribution in [2.75, 3.05) is 0 Å². The molecule has 0 aliphatic carbocycles. The molecule has 0 atom stereocenters. The Balaban J connectivity index is 2.08. The molecule has 0 spiro atoms. The fraction of sp³-hybridized carbons (Fsp3) is 0.667. The smallest absolute Gasteiger partial charge is 0.0235 e. The summed E-state index contributed by atoms with van der Waals surface area (Å²) in [5.41, 5.74) is 5.59. The molecular weight excluding hydrogens is 252 g/mol. The van der Waals surface area contributed by atoms with Crippen molar-refractivity contribution in [3.8, 4) is 0 Å². The highest BCUT2D eigenvalue weighted by Gasteiger charge is 2.04. The lowest BCUT2D eigenvalue weighted by Gasteiger charge is -2.12. The first-order chi connectivity index (χ1) is 10.2. The van der Waals surface area contributed by atoms with E-state index in [1.54, 1.807) is 0 Å². The molecule has 0 saturated carbocycles. The quantitative estimate of drug-likeness (QED) is 0.386. The van der Waals surface area contributed by atoms with E-state index in [1.807, 2.05) is 0 Å². The van der Waals surface area contributed by atoms with Crippen LogP contribution in [0.25, 0.3) is 0 Å². The molecule has 0 bridgehead atoms. The van der Waals surface area contributed by atoms with E-state index in [-0.39, 0.29) is 0 Å². The molecule has 21 heavy (non-hydrogen) atoms. The van der Waals surface area contributed by atoms with Gasteiger partial charge in [0.2, 0.25) is 0 Å². The summed E-state index contributed by atoms with van der Waals surface area (Å²) < 4.78 is 0. The Bertz CT molecular complexity index is 389. The van der Waals surface area contributed by atoms with Crippen LogP contribution in [0.15, 0.2) is 12.1 Å². The second kappa shape index (κ2) is 10.9. The van der Waals surface area contributed by atoms with Crippen molar-refractivity contribution in [3.63, 3.8) is 0 Å². The van der Waals surface area contributed by atoms with E-state index < -0.39 is 0 Å². The fourth-order valence-electron chi connectivity index (χ4n) is 3.07. The highest BCUT2D eigenvalue weighted by Crippen LogP contribution is 2.20. The minimum Gasteiger partial charge on any atom is -0.0654 e. The average Bonchev–Trinajstić information content (AvgIpc) is 2.48. The predicted molar refractivity (Wildman–Crippen MR) is 95.9 cm³/mol. The van der Waals surface area contributed by atoms with Crippen LogP contribution in [0, 0.1) is 20.8 Å². The zero-order valence-corrected chi connectivity index (χ0v) is 14.6. The summed E-state index contributed by atoms with van der Waals surface area (Å²) in [5.74, 6) is 0. The molecule has 0 aliphatic rings. The first-order valence-corrected chi connectivity index (χ1v) is 9.07. The lowest BCUT2D eigenvalue weighted by molar-refractivity contribution is 0.556. The molecule has 0 aromatic heterocycles. The summed E-state index contributed by atoms with van der Waals surface area (Å²) in [6.07, 6.45) is 15.3. The van der Waals surface area contributed by atoms with Crippen LogP contribution in [0.2, 0.25) is 0 Å². The zero-order chi connectivity index (χ0) is 15.5. The molecule has 1 radical (unpaired) electrons. The predicted octanol–water partition coefficient (Wildman–Crippen LogP) is 6.95. The SMILES string of the molecule is [CH2]c1ccc(C)c(C)c1CCCCCCCCCCCC. The second-order valence-electron chi connectivity index (χ2n) is 6.58. The molecule has 0 saturated heterocycles. The third-order valence-electron chi connectivity index (χ3n) is 4.75. The van der Waals surface area contributed by atoms with Crippen molar-refractivity contribution < 1.29 is 0 Å². The molecule has 1 aromatic carbocycles. The third kappa shape index (κ3) is 7.16. The van der Waals surface area contributed by atoms with E-state index in [1.165, 1.54) is 92.9 Å². The van der Waals surface area contributed by atoms with Crippen molar-refractivity contribution in [1.29, 1.82) is 0 Å². The maximum atomic E-state index is 4.19. The van der Waals surface area contributed by atoms with Crippen LogP contribution in [0.1, 0.15) is 93.4 Å². The number of benzene rings is 1. The number of unbranched alkanes of at least 4 members (excludes halogenated alkanes) is 9. The number of hydrogen-bond donors (Lipinski definition) is 0. The normalized spacial score (nSPS) is 11.0. The Morgan fingerprint density at radius 2 is 1.29 bits per heavy atom. The maximum absolute atomic E-state index is 4.19. The van der Waals surface area contributed by atoms with Gasteiger partial charge in [-0.15, -0.1) is 0 Å². The second-order valence-corrected chi connectivity index (χ2v) is 6.58. The largest absolute Gasteiger partial charge is 0.0654 e. The van der Waals surface area contributed by atoms with Crippen LogP contribution in [-0.2, 0) is 6.42 Å². The fourth-order valence-corrected chi connectivity index (χ4v) is 3.07. The lowest BCUT2D eigenvalue weighted by atomic mass is 9.94. The van der Waals surface area contributed by atoms with Gasteiger partial charge in [-0.2, -0.15) is 0 Å². The van der Waals surface area contributed by atoms with Gasteiger partial charge in [0.25, 0.3) is 0 Å². The molecule has 0 amide bonds. The molecule has 0 unspecified atom stereocenters. The van der Waals surface area contributed by atoms with Gasteiger partial charge in [0, 0.05) is 0 Å². The third-order valence-corrected chi connectivity index (χ3v) is 4.75. The Hall–Kier alpha value is -0.780. The van der Waals surface area contributed by atoms with Crippen molar-refractivity contribution in [1.82, 2.24) is 0 Å². The van der Waals surface area contributed by atoms with Gasteiger partial charge < -0.3 is 0 Å². The maximum Gasteiger partial charge on any atom is -0.0235 e. The van der Waals surface area contributed by atoms with E-state index in [2.05, 4.69) is 39.8 Å². The highest BCUT2D eigenvalue weighted by atomic mass is 14.1. The van der Waals surface area contributed by atoms with Crippen LogP contribution in [0.5, 0.6) is 0 Å². The zero-order valence-electron chi connectivity index (χ0n) is 14.6. The van der Waals surface area contributed by atoms with Crippen LogP contribution >= 0.6 is 0 Å². The van der Waals surface area contributed by atoms with E-state index in [9.17, 15) is 0 Å². The Morgan fingerprint density at radius 3 is 1.86 bits per heavy atom. The van der Waals surface area contributed by atoms with E-state index in [0.717, 1.165) is 0 Å². The highest BCUT2D eigenvalue weighted by molar-refractivity contribution is 5.41. The topological polar surface area (TPSA) is 0 Å². The molecule has 0 nitrogen and oxygen atoms in total. The van der Waals surface area contributed by atoms with Crippen LogP contribution in [0.3, 0.4) is 0 Å². The van der Waals surface area contributed by atoms with Gasteiger partial charge in [-0.25, -0.2) is 0 Å². The standard InChI is InChI=1S/C21H35/c1-5-6-7-8-9-10-11-12-13-14-15-21-19(3)17-16-18(2)20(21)4/h16-17H,3,5-15H2,1-2,4H3. The van der Waals surface area contributed by atoms with Gasteiger partial charge >= 0.3 is 0 Å². The summed E-state index contributed by atoms with van der Waals surface area (Å²) in [4.78, 5) is 0. The van der Waals surface area contributed by atoms with Gasteiger partial charge in [0.05, 0.1) is 0 Å². The summed E-state index contributed by atoms with van der Waals surface area (Å²) in [6, 6.07) is 4.37. The summed E-state index contributed by atoms with van der Waals surface area (Å²) in [7, 11) is 0. The summed E-state index contributed by atoms with van der Waals surface area (Å²) in [5, 5.41) is 0. The van der Waals surface area contributed by atoms with Gasteiger partial charge in [0.1, 0.15) is 0 Å². The van der Waals surface area contributed by atoms with Crippen molar-refractivity contribution in [2.45, 2.75) is 91.4 Å². The first-order valence-electron chi connectivity index (χ1n) is 9.07. The molecule has 1 rings (SSSR count). The Labute approximate surface area is 133 Å². The van der Waals surface area contributed by atoms with Crippen molar-refractivity contribution >= 4 is 0 Å². The summed E-state index contributed by atoms with van der Waals surface area (Å²) in [6.45, 7) is 10.9. The van der Waals surface area contributed by atoms with Crippen LogP contribution < -0.4 is 0 Å². The minimum absolute atomic E-state index is 1.21. The molecule has 0 heterocycles. The minimum atomic E-state index is 1.21. The van der Waals surface area contributed by atoms with Crippen molar-refractivity contribution in [2.24, 2.45) is 0 Å². The first kappa shape index (κ1) is 18.3. The molecule has 119 valence electrons. The van der Waals surface area contributed by atoms with E-state index in [4.69, 9.17) is 0 Å². The van der Waals surface area contributed by atoms with Crippen LogP contribution in [-0.4, -0.2) is 0 Å². The number of hydrogen-bond acceptors (Lipinski definition) is 0. The lowest BCUT2D eigenvalue weighted by Crippen LogP contribution is -1.96. The monoisotopic (exact) mass is 287 g/mol.